The molecule has 0 amide bonds. The second-order valence-electron chi connectivity index (χ2n) is 7.43. The Morgan fingerprint density at radius 2 is 2.00 bits per heavy atom. The predicted octanol–water partition coefficient (Wildman–Crippen LogP) is 3.07. The highest BCUT2D eigenvalue weighted by molar-refractivity contribution is 5.74. The molecular formula is C17H26O3. The summed E-state index contributed by atoms with van der Waals surface area (Å²) in [6.07, 6.45) is 10.0. The first kappa shape index (κ1) is 14.1. The Bertz CT molecular complexity index is 412. The molecular weight excluding hydrogens is 252 g/mol. The van der Waals surface area contributed by atoms with Crippen LogP contribution >= 0.6 is 0 Å². The van der Waals surface area contributed by atoms with Gasteiger partial charge in [0.25, 0.3) is 0 Å². The van der Waals surface area contributed by atoms with Crippen molar-refractivity contribution < 1.29 is 14.6 Å². The molecule has 1 N–H and O–H groups in total. The summed E-state index contributed by atoms with van der Waals surface area (Å²) in [5.74, 6) is 1.33. The lowest BCUT2D eigenvalue weighted by atomic mass is 9.77. The van der Waals surface area contributed by atoms with Crippen molar-refractivity contribution in [1.82, 2.24) is 0 Å². The molecule has 5 unspecified atom stereocenters. The van der Waals surface area contributed by atoms with Gasteiger partial charge in [-0.15, -0.1) is 0 Å². The fourth-order valence-corrected chi connectivity index (χ4v) is 4.27. The highest BCUT2D eigenvalue weighted by Gasteiger charge is 2.44. The van der Waals surface area contributed by atoms with Gasteiger partial charge < -0.3 is 9.84 Å². The molecule has 0 radical (unpaired) electrons. The zero-order valence-corrected chi connectivity index (χ0v) is 12.5. The Labute approximate surface area is 121 Å². The van der Waals surface area contributed by atoms with Crippen molar-refractivity contribution in [3.8, 4) is 0 Å². The number of carbonyl (C=O) groups excluding carboxylic acids is 1. The van der Waals surface area contributed by atoms with Crippen LogP contribution in [0.5, 0.6) is 0 Å². The number of carbonyl (C=O) groups is 1. The van der Waals surface area contributed by atoms with E-state index in [2.05, 4.69) is 12.2 Å². The quantitative estimate of drug-likeness (QED) is 0.637. The summed E-state index contributed by atoms with van der Waals surface area (Å²) in [5, 5.41) is 9.82. The minimum absolute atomic E-state index is 0.0214. The first-order chi connectivity index (χ1) is 9.45. The van der Waals surface area contributed by atoms with Crippen LogP contribution in [0.1, 0.15) is 52.4 Å². The summed E-state index contributed by atoms with van der Waals surface area (Å²) < 4.78 is 5.88. The van der Waals surface area contributed by atoms with E-state index in [-0.39, 0.29) is 23.9 Å². The first-order valence-electron chi connectivity index (χ1n) is 8.05. The highest BCUT2D eigenvalue weighted by Crippen LogP contribution is 2.45. The lowest BCUT2D eigenvalue weighted by Gasteiger charge is -2.39. The molecule has 0 aromatic rings. The number of hydrogen-bond acceptors (Lipinski definition) is 3. The summed E-state index contributed by atoms with van der Waals surface area (Å²) in [6, 6.07) is 0. The van der Waals surface area contributed by atoms with Gasteiger partial charge in [-0.2, -0.15) is 0 Å². The van der Waals surface area contributed by atoms with Gasteiger partial charge in [-0.1, -0.05) is 18.6 Å². The monoisotopic (exact) mass is 278 g/mol. The van der Waals surface area contributed by atoms with Gasteiger partial charge in [-0.05, 0) is 57.8 Å². The molecule has 2 fully saturated rings. The highest BCUT2D eigenvalue weighted by atomic mass is 16.6. The maximum absolute atomic E-state index is 12.5. The molecule has 3 nitrogen and oxygen atoms in total. The van der Waals surface area contributed by atoms with Gasteiger partial charge in [-0.25, -0.2) is 0 Å². The van der Waals surface area contributed by atoms with Crippen molar-refractivity contribution in [1.29, 1.82) is 0 Å². The van der Waals surface area contributed by atoms with E-state index >= 15 is 0 Å². The predicted molar refractivity (Wildman–Crippen MR) is 77.0 cm³/mol. The topological polar surface area (TPSA) is 46.5 Å². The Balaban J connectivity index is 1.61. The smallest absolute Gasteiger partial charge is 0.310 e. The minimum atomic E-state index is -0.454. The van der Waals surface area contributed by atoms with E-state index in [1.807, 2.05) is 13.8 Å². The molecule has 3 heteroatoms. The van der Waals surface area contributed by atoms with Crippen LogP contribution in [0.3, 0.4) is 0 Å². The summed E-state index contributed by atoms with van der Waals surface area (Å²) >= 11 is 0. The normalized spacial score (nSPS) is 40.0. The van der Waals surface area contributed by atoms with E-state index in [1.165, 1.54) is 0 Å². The van der Waals surface area contributed by atoms with Gasteiger partial charge in [0, 0.05) is 5.92 Å². The molecule has 3 aliphatic rings. The van der Waals surface area contributed by atoms with E-state index in [0.717, 1.165) is 38.5 Å². The Morgan fingerprint density at radius 1 is 1.20 bits per heavy atom. The molecule has 3 rings (SSSR count). The van der Waals surface area contributed by atoms with Crippen LogP contribution < -0.4 is 0 Å². The molecule has 3 aliphatic carbocycles. The fraction of sp³-hybridized carbons (Fsp3) is 0.824. The molecule has 5 atom stereocenters. The number of aliphatic hydroxyl groups is 1. The van der Waals surface area contributed by atoms with Crippen molar-refractivity contribution in [3.63, 3.8) is 0 Å². The second kappa shape index (κ2) is 5.18. The third-order valence-corrected chi connectivity index (χ3v) is 5.57. The number of ether oxygens (including phenoxy) is 1. The average molecular weight is 278 g/mol. The number of aliphatic hydroxyl groups excluding tert-OH is 1. The Hall–Kier alpha value is -0.830. The van der Waals surface area contributed by atoms with Crippen molar-refractivity contribution in [2.75, 3.05) is 0 Å². The SMILES string of the molecule is CC(C)(OC(=O)C1CC2C=CC1C2)C1CCCC(O)C1. The molecule has 0 heterocycles. The fourth-order valence-electron chi connectivity index (χ4n) is 4.27. The molecule has 20 heavy (non-hydrogen) atoms. The average Bonchev–Trinajstić information content (AvgIpc) is 3.00. The van der Waals surface area contributed by atoms with E-state index in [0.29, 0.717) is 11.8 Å². The van der Waals surface area contributed by atoms with Crippen molar-refractivity contribution in [2.45, 2.75) is 64.1 Å². The molecule has 0 saturated heterocycles. The molecule has 2 bridgehead atoms. The molecule has 0 aromatic carbocycles. The van der Waals surface area contributed by atoms with E-state index in [4.69, 9.17) is 4.74 Å². The lowest BCUT2D eigenvalue weighted by molar-refractivity contribution is -0.170. The van der Waals surface area contributed by atoms with Crippen LogP contribution in [-0.2, 0) is 9.53 Å². The number of fused-ring (bicyclic) bond motifs is 2. The van der Waals surface area contributed by atoms with Crippen LogP contribution in [-0.4, -0.2) is 22.8 Å². The molecule has 2 saturated carbocycles. The molecule has 0 spiro atoms. The molecule has 0 aromatic heterocycles. The van der Waals surface area contributed by atoms with E-state index in [1.54, 1.807) is 0 Å². The number of allylic oxidation sites excluding steroid dienone is 2. The molecule has 0 aliphatic heterocycles. The van der Waals surface area contributed by atoms with Crippen molar-refractivity contribution in [2.24, 2.45) is 23.7 Å². The third-order valence-electron chi connectivity index (χ3n) is 5.57. The maximum atomic E-state index is 12.5. The van der Waals surface area contributed by atoms with Crippen LogP contribution in [0.25, 0.3) is 0 Å². The lowest BCUT2D eigenvalue weighted by Crippen LogP contribution is -2.42. The van der Waals surface area contributed by atoms with Gasteiger partial charge in [0.1, 0.15) is 5.60 Å². The summed E-state index contributed by atoms with van der Waals surface area (Å²) in [6.45, 7) is 4.02. The van der Waals surface area contributed by atoms with E-state index in [9.17, 15) is 9.90 Å². The zero-order chi connectivity index (χ0) is 14.3. The number of esters is 1. The standard InChI is InChI=1S/C17H26O3/c1-17(2,13-4-3-5-14(18)10-13)20-16(19)15-9-11-6-7-12(15)8-11/h6-7,11-15,18H,3-5,8-10H2,1-2H3. The number of hydrogen-bond donors (Lipinski definition) is 1. The second-order valence-corrected chi connectivity index (χ2v) is 7.43. The zero-order valence-electron chi connectivity index (χ0n) is 12.5. The number of rotatable bonds is 3. The van der Waals surface area contributed by atoms with Crippen LogP contribution in [0.15, 0.2) is 12.2 Å². The van der Waals surface area contributed by atoms with Crippen molar-refractivity contribution in [3.05, 3.63) is 12.2 Å². The van der Waals surface area contributed by atoms with E-state index < -0.39 is 5.60 Å². The largest absolute Gasteiger partial charge is 0.459 e. The minimum Gasteiger partial charge on any atom is -0.459 e. The Kier molecular flexibility index (Phi) is 3.65. The molecule has 112 valence electrons. The van der Waals surface area contributed by atoms with Crippen molar-refractivity contribution >= 4 is 5.97 Å². The first-order valence-corrected chi connectivity index (χ1v) is 8.05. The third kappa shape index (κ3) is 2.65. The van der Waals surface area contributed by atoms with Gasteiger partial charge in [0.2, 0.25) is 0 Å². The van der Waals surface area contributed by atoms with Gasteiger partial charge in [-0.3, -0.25) is 4.79 Å². The van der Waals surface area contributed by atoms with Crippen LogP contribution in [0, 0.1) is 23.7 Å². The van der Waals surface area contributed by atoms with Gasteiger partial charge in [0.15, 0.2) is 0 Å². The maximum Gasteiger partial charge on any atom is 0.310 e. The summed E-state index contributed by atoms with van der Waals surface area (Å²) in [4.78, 5) is 12.5. The van der Waals surface area contributed by atoms with Gasteiger partial charge >= 0.3 is 5.97 Å². The van der Waals surface area contributed by atoms with Gasteiger partial charge in [0.05, 0.1) is 12.0 Å². The van der Waals surface area contributed by atoms with Crippen LogP contribution in [0.4, 0.5) is 0 Å². The summed E-state index contributed by atoms with van der Waals surface area (Å²) in [5.41, 5.74) is -0.454. The Morgan fingerprint density at radius 3 is 2.60 bits per heavy atom. The summed E-state index contributed by atoms with van der Waals surface area (Å²) in [7, 11) is 0. The van der Waals surface area contributed by atoms with Crippen LogP contribution in [0.2, 0.25) is 0 Å².